The van der Waals surface area contributed by atoms with Gasteiger partial charge in [0.25, 0.3) is 0 Å². The minimum Gasteiger partial charge on any atom is -0.497 e. The summed E-state index contributed by atoms with van der Waals surface area (Å²) in [7, 11) is 1.62. The van der Waals surface area contributed by atoms with Crippen LogP contribution in [-0.2, 0) is 6.61 Å². The van der Waals surface area contributed by atoms with Crippen LogP contribution in [0.2, 0.25) is 0 Å². The number of nitrogens with one attached hydrogen (secondary N) is 1. The van der Waals surface area contributed by atoms with Gasteiger partial charge in [0.1, 0.15) is 23.5 Å². The van der Waals surface area contributed by atoms with Crippen LogP contribution in [-0.4, -0.2) is 30.3 Å². The number of rotatable bonds is 6. The Bertz CT molecular complexity index is 979. The van der Waals surface area contributed by atoms with Crippen LogP contribution in [0.1, 0.15) is 16.5 Å². The second kappa shape index (κ2) is 9.59. The highest BCUT2D eigenvalue weighted by atomic mass is 32.2. The summed E-state index contributed by atoms with van der Waals surface area (Å²) in [6.07, 6.45) is 0. The van der Waals surface area contributed by atoms with Crippen molar-refractivity contribution in [3.63, 3.8) is 0 Å². The number of anilines is 1. The van der Waals surface area contributed by atoms with E-state index >= 15 is 0 Å². The molecule has 4 rings (SSSR count). The van der Waals surface area contributed by atoms with Gasteiger partial charge in [-0.15, -0.1) is 11.8 Å². The maximum absolute atomic E-state index is 13.0. The third-order valence-corrected chi connectivity index (χ3v) is 6.16. The van der Waals surface area contributed by atoms with Crippen LogP contribution in [0.25, 0.3) is 0 Å². The fraction of sp³-hybridized carbons (Fsp3) is 0.208. The van der Waals surface area contributed by atoms with E-state index in [4.69, 9.17) is 9.47 Å². The average Bonchev–Trinajstić information content (AvgIpc) is 3.29. The minimum absolute atomic E-state index is 0.0878. The highest BCUT2D eigenvalue weighted by Crippen LogP contribution is 2.42. The zero-order chi connectivity index (χ0) is 20.8. The Morgan fingerprint density at radius 1 is 1.03 bits per heavy atom. The lowest BCUT2D eigenvalue weighted by atomic mass is 10.1. The summed E-state index contributed by atoms with van der Waals surface area (Å²) in [6, 6.07) is 25.3. The van der Waals surface area contributed by atoms with E-state index in [9.17, 15) is 4.79 Å². The summed E-state index contributed by atoms with van der Waals surface area (Å²) in [6.45, 7) is 1.18. The second-order valence-corrected chi connectivity index (χ2v) is 8.08. The zero-order valence-corrected chi connectivity index (χ0v) is 17.6. The van der Waals surface area contributed by atoms with Gasteiger partial charge in [-0.1, -0.05) is 48.5 Å². The van der Waals surface area contributed by atoms with E-state index in [1.807, 2.05) is 83.8 Å². The fourth-order valence-corrected chi connectivity index (χ4v) is 4.64. The fourth-order valence-electron chi connectivity index (χ4n) is 3.36. The predicted octanol–water partition coefficient (Wildman–Crippen LogP) is 5.55. The summed E-state index contributed by atoms with van der Waals surface area (Å²) in [5.41, 5.74) is 2.87. The van der Waals surface area contributed by atoms with Crippen molar-refractivity contribution in [1.29, 1.82) is 0 Å². The number of benzene rings is 3. The van der Waals surface area contributed by atoms with E-state index in [-0.39, 0.29) is 11.4 Å². The molecule has 0 aliphatic carbocycles. The molecule has 1 aliphatic heterocycles. The van der Waals surface area contributed by atoms with Crippen molar-refractivity contribution in [2.45, 2.75) is 12.0 Å². The first kappa shape index (κ1) is 20.2. The molecule has 30 heavy (non-hydrogen) atoms. The molecule has 3 aromatic carbocycles. The molecular formula is C24H24N2O3S. The Kier molecular flexibility index (Phi) is 6.44. The number of hydrogen-bond acceptors (Lipinski definition) is 4. The predicted molar refractivity (Wildman–Crippen MR) is 121 cm³/mol. The molecule has 1 unspecified atom stereocenters. The summed E-state index contributed by atoms with van der Waals surface area (Å²) in [5.74, 6) is 2.45. The summed E-state index contributed by atoms with van der Waals surface area (Å²) in [5, 5.41) is 2.90. The molecule has 1 fully saturated rings. The molecule has 154 valence electrons. The molecule has 0 saturated carbocycles. The van der Waals surface area contributed by atoms with Gasteiger partial charge in [0.05, 0.1) is 7.11 Å². The minimum atomic E-state index is -0.118. The first-order chi connectivity index (χ1) is 14.7. The number of ether oxygens (including phenoxy) is 2. The maximum atomic E-state index is 13.0. The van der Waals surface area contributed by atoms with Crippen molar-refractivity contribution in [3.05, 3.63) is 90.0 Å². The highest BCUT2D eigenvalue weighted by molar-refractivity contribution is 7.99. The number of carbonyl (C=O) groups is 1. The molecule has 1 heterocycles. The van der Waals surface area contributed by atoms with Gasteiger partial charge in [-0.2, -0.15) is 0 Å². The molecule has 0 spiro atoms. The number of carbonyl (C=O) groups excluding carboxylic acids is 1. The van der Waals surface area contributed by atoms with Crippen molar-refractivity contribution in [3.8, 4) is 11.5 Å². The molecule has 1 aliphatic rings. The van der Waals surface area contributed by atoms with E-state index in [0.717, 1.165) is 34.1 Å². The first-order valence-corrected chi connectivity index (χ1v) is 10.9. The van der Waals surface area contributed by atoms with E-state index in [2.05, 4.69) is 5.32 Å². The maximum Gasteiger partial charge on any atom is 0.323 e. The number of amides is 2. The number of para-hydroxylation sites is 1. The van der Waals surface area contributed by atoms with Crippen LogP contribution in [0.4, 0.5) is 10.5 Å². The van der Waals surface area contributed by atoms with Crippen molar-refractivity contribution >= 4 is 23.5 Å². The lowest BCUT2D eigenvalue weighted by Crippen LogP contribution is -2.34. The number of nitrogens with zero attached hydrogens (tertiary/aromatic N) is 1. The van der Waals surface area contributed by atoms with Crippen LogP contribution < -0.4 is 14.8 Å². The van der Waals surface area contributed by atoms with E-state index < -0.39 is 0 Å². The lowest BCUT2D eigenvalue weighted by Gasteiger charge is -2.26. The number of urea groups is 1. The van der Waals surface area contributed by atoms with Crippen LogP contribution in [0, 0.1) is 0 Å². The smallest absolute Gasteiger partial charge is 0.323 e. The van der Waals surface area contributed by atoms with Gasteiger partial charge in [0, 0.05) is 23.5 Å². The van der Waals surface area contributed by atoms with Crippen molar-refractivity contribution in [1.82, 2.24) is 4.90 Å². The third kappa shape index (κ3) is 4.71. The van der Waals surface area contributed by atoms with Crippen LogP contribution in [0.5, 0.6) is 11.5 Å². The Morgan fingerprint density at radius 3 is 2.53 bits per heavy atom. The third-order valence-electron chi connectivity index (χ3n) is 4.92. The first-order valence-electron chi connectivity index (χ1n) is 9.83. The van der Waals surface area contributed by atoms with E-state index in [1.165, 1.54) is 0 Å². The van der Waals surface area contributed by atoms with E-state index in [0.29, 0.717) is 13.2 Å². The number of hydrogen-bond donors (Lipinski definition) is 1. The molecular weight excluding hydrogens is 396 g/mol. The zero-order valence-electron chi connectivity index (χ0n) is 16.8. The van der Waals surface area contributed by atoms with Gasteiger partial charge in [-0.3, -0.25) is 0 Å². The molecule has 0 aromatic heterocycles. The van der Waals surface area contributed by atoms with Gasteiger partial charge in [-0.05, 0) is 35.9 Å². The molecule has 1 N–H and O–H groups in total. The normalized spacial score (nSPS) is 15.6. The van der Waals surface area contributed by atoms with Gasteiger partial charge in [0.15, 0.2) is 0 Å². The Labute approximate surface area is 181 Å². The molecule has 1 atom stereocenters. The molecule has 1 saturated heterocycles. The topological polar surface area (TPSA) is 50.8 Å². The van der Waals surface area contributed by atoms with Crippen LogP contribution in [0.15, 0.2) is 78.9 Å². The molecule has 2 amide bonds. The van der Waals surface area contributed by atoms with E-state index in [1.54, 1.807) is 18.9 Å². The summed E-state index contributed by atoms with van der Waals surface area (Å²) < 4.78 is 11.3. The summed E-state index contributed by atoms with van der Waals surface area (Å²) in [4.78, 5) is 14.8. The van der Waals surface area contributed by atoms with Crippen molar-refractivity contribution in [2.24, 2.45) is 0 Å². The van der Waals surface area contributed by atoms with Crippen molar-refractivity contribution in [2.75, 3.05) is 24.7 Å². The van der Waals surface area contributed by atoms with Crippen LogP contribution in [0.3, 0.4) is 0 Å². The molecule has 6 heteroatoms. The standard InChI is InChI=1S/C24H24N2O3S/c1-28-20-13-11-19(12-14-20)25-24(27)26-15-16-30-23(26)21-9-5-6-10-22(21)29-17-18-7-3-2-4-8-18/h2-14,23H,15-17H2,1H3,(H,25,27). The van der Waals surface area contributed by atoms with Gasteiger partial charge >= 0.3 is 6.03 Å². The van der Waals surface area contributed by atoms with Gasteiger partial charge < -0.3 is 19.7 Å². The SMILES string of the molecule is COc1ccc(NC(=O)N2CCSC2c2ccccc2OCc2ccccc2)cc1. The molecule has 0 radical (unpaired) electrons. The molecule has 3 aromatic rings. The highest BCUT2D eigenvalue weighted by Gasteiger charge is 2.32. The summed E-state index contributed by atoms with van der Waals surface area (Å²) >= 11 is 1.75. The quantitative estimate of drug-likeness (QED) is 0.568. The largest absolute Gasteiger partial charge is 0.497 e. The van der Waals surface area contributed by atoms with Crippen LogP contribution >= 0.6 is 11.8 Å². The van der Waals surface area contributed by atoms with Gasteiger partial charge in [-0.25, -0.2) is 4.79 Å². The monoisotopic (exact) mass is 420 g/mol. The average molecular weight is 421 g/mol. The molecule has 5 nitrogen and oxygen atoms in total. The Balaban J connectivity index is 1.48. The van der Waals surface area contributed by atoms with Gasteiger partial charge in [0.2, 0.25) is 0 Å². The number of methoxy groups -OCH3 is 1. The second-order valence-electron chi connectivity index (χ2n) is 6.89. The lowest BCUT2D eigenvalue weighted by molar-refractivity contribution is 0.213. The number of thioether (sulfide) groups is 1. The molecule has 0 bridgehead atoms. The Morgan fingerprint density at radius 2 is 1.77 bits per heavy atom. The Hall–Kier alpha value is -3.12. The van der Waals surface area contributed by atoms with Crippen molar-refractivity contribution < 1.29 is 14.3 Å².